The van der Waals surface area contributed by atoms with Crippen LogP contribution in [0, 0.1) is 6.92 Å². The van der Waals surface area contributed by atoms with Crippen molar-refractivity contribution in [3.63, 3.8) is 0 Å². The van der Waals surface area contributed by atoms with Gasteiger partial charge in [0.1, 0.15) is 0 Å². The lowest BCUT2D eigenvalue weighted by molar-refractivity contribution is 0.274. The second-order valence-electron chi connectivity index (χ2n) is 3.78. The third-order valence-electron chi connectivity index (χ3n) is 2.59. The van der Waals surface area contributed by atoms with E-state index >= 15 is 0 Å². The van der Waals surface area contributed by atoms with Gasteiger partial charge in [0, 0.05) is 13.6 Å². The minimum atomic E-state index is -0.0864. The smallest absolute Gasteiger partial charge is 0.223 e. The molecule has 1 N–H and O–H groups in total. The summed E-state index contributed by atoms with van der Waals surface area (Å²) in [6, 6.07) is 0. The van der Waals surface area contributed by atoms with Crippen molar-refractivity contribution in [2.45, 2.75) is 27.0 Å². The highest BCUT2D eigenvalue weighted by Gasteiger charge is 2.15. The van der Waals surface area contributed by atoms with E-state index in [-0.39, 0.29) is 6.61 Å². The predicted molar refractivity (Wildman–Crippen MR) is 61.8 cm³/mol. The molecule has 0 spiro atoms. The van der Waals surface area contributed by atoms with E-state index in [0.29, 0.717) is 17.2 Å². The fourth-order valence-electron chi connectivity index (χ4n) is 1.67. The standard InChI is InChI=1S/C11H16N4O2/c1-4-15-6-9(5-12-15)17-11-10(7-16)8(2)13-14(11)3/h5-6,16H,4,7H2,1-3H3. The number of aliphatic hydroxyl groups is 1. The summed E-state index contributed by atoms with van der Waals surface area (Å²) in [6.07, 6.45) is 3.45. The van der Waals surface area contributed by atoms with Crippen LogP contribution in [0.2, 0.25) is 0 Å². The van der Waals surface area contributed by atoms with Crippen LogP contribution in [0.15, 0.2) is 12.4 Å². The summed E-state index contributed by atoms with van der Waals surface area (Å²) in [5, 5.41) is 17.6. The molecule has 0 unspecified atom stereocenters. The highest BCUT2D eigenvalue weighted by atomic mass is 16.5. The molecule has 0 aliphatic carbocycles. The van der Waals surface area contributed by atoms with E-state index in [1.54, 1.807) is 22.6 Å². The number of rotatable bonds is 4. The number of nitrogens with zero attached hydrogens (tertiary/aromatic N) is 4. The van der Waals surface area contributed by atoms with Crippen molar-refractivity contribution in [1.29, 1.82) is 0 Å². The van der Waals surface area contributed by atoms with Gasteiger partial charge in [-0.15, -0.1) is 0 Å². The van der Waals surface area contributed by atoms with Crippen molar-refractivity contribution in [2.24, 2.45) is 7.05 Å². The topological polar surface area (TPSA) is 65.1 Å². The maximum atomic E-state index is 9.29. The zero-order valence-electron chi connectivity index (χ0n) is 10.2. The second kappa shape index (κ2) is 4.58. The monoisotopic (exact) mass is 236 g/mol. The molecule has 0 fully saturated rings. The van der Waals surface area contributed by atoms with Gasteiger partial charge < -0.3 is 9.84 Å². The molecular formula is C11H16N4O2. The summed E-state index contributed by atoms with van der Waals surface area (Å²) >= 11 is 0. The fraction of sp³-hybridized carbons (Fsp3) is 0.455. The zero-order valence-corrected chi connectivity index (χ0v) is 10.2. The van der Waals surface area contributed by atoms with Gasteiger partial charge >= 0.3 is 0 Å². The maximum Gasteiger partial charge on any atom is 0.223 e. The highest BCUT2D eigenvalue weighted by Crippen LogP contribution is 2.26. The van der Waals surface area contributed by atoms with Gasteiger partial charge in [-0.05, 0) is 13.8 Å². The number of ether oxygens (including phenoxy) is 1. The Hall–Kier alpha value is -1.82. The lowest BCUT2D eigenvalue weighted by Gasteiger charge is -2.04. The number of hydrogen-bond acceptors (Lipinski definition) is 4. The van der Waals surface area contributed by atoms with Gasteiger partial charge in [-0.25, -0.2) is 4.68 Å². The van der Waals surface area contributed by atoms with Gasteiger partial charge in [-0.3, -0.25) is 4.68 Å². The van der Waals surface area contributed by atoms with Crippen LogP contribution in [0.25, 0.3) is 0 Å². The first-order valence-corrected chi connectivity index (χ1v) is 5.49. The lowest BCUT2D eigenvalue weighted by Crippen LogP contribution is -1.97. The van der Waals surface area contributed by atoms with Crippen molar-refractivity contribution < 1.29 is 9.84 Å². The van der Waals surface area contributed by atoms with E-state index in [1.165, 1.54) is 0 Å². The molecule has 92 valence electrons. The lowest BCUT2D eigenvalue weighted by atomic mass is 10.3. The summed E-state index contributed by atoms with van der Waals surface area (Å²) in [7, 11) is 1.78. The average molecular weight is 236 g/mol. The van der Waals surface area contributed by atoms with E-state index in [2.05, 4.69) is 10.2 Å². The van der Waals surface area contributed by atoms with Gasteiger partial charge in [-0.1, -0.05) is 0 Å². The van der Waals surface area contributed by atoms with Crippen molar-refractivity contribution >= 4 is 0 Å². The quantitative estimate of drug-likeness (QED) is 0.867. The predicted octanol–water partition coefficient (Wildman–Crippen LogP) is 1.23. The van der Waals surface area contributed by atoms with E-state index in [9.17, 15) is 5.11 Å². The Morgan fingerprint density at radius 2 is 2.24 bits per heavy atom. The summed E-state index contributed by atoms with van der Waals surface area (Å²) in [6.45, 7) is 4.55. The van der Waals surface area contributed by atoms with Crippen LogP contribution in [-0.2, 0) is 20.2 Å². The van der Waals surface area contributed by atoms with E-state index < -0.39 is 0 Å². The SMILES string of the molecule is CCn1cc(Oc2c(CO)c(C)nn2C)cn1. The van der Waals surface area contributed by atoms with Gasteiger partial charge in [-0.2, -0.15) is 10.2 Å². The maximum absolute atomic E-state index is 9.29. The van der Waals surface area contributed by atoms with Gasteiger partial charge in [0.25, 0.3) is 0 Å². The molecule has 2 heterocycles. The number of hydrogen-bond donors (Lipinski definition) is 1. The first kappa shape index (κ1) is 11.7. The van der Waals surface area contributed by atoms with E-state index in [1.807, 2.05) is 20.0 Å². The van der Waals surface area contributed by atoms with Crippen LogP contribution in [0.5, 0.6) is 11.6 Å². The summed E-state index contributed by atoms with van der Waals surface area (Å²) in [4.78, 5) is 0. The Morgan fingerprint density at radius 3 is 2.82 bits per heavy atom. The molecule has 17 heavy (non-hydrogen) atoms. The molecule has 0 saturated carbocycles. The first-order valence-electron chi connectivity index (χ1n) is 5.49. The molecule has 0 saturated heterocycles. The molecule has 2 aromatic heterocycles. The first-order chi connectivity index (χ1) is 8.15. The Kier molecular flexibility index (Phi) is 3.14. The number of aryl methyl sites for hydroxylation is 3. The zero-order chi connectivity index (χ0) is 12.4. The largest absolute Gasteiger partial charge is 0.436 e. The van der Waals surface area contributed by atoms with Gasteiger partial charge in [0.05, 0.1) is 30.3 Å². The molecule has 2 aromatic rings. The molecule has 0 bridgehead atoms. The van der Waals surface area contributed by atoms with Crippen LogP contribution in [0.3, 0.4) is 0 Å². The van der Waals surface area contributed by atoms with Gasteiger partial charge in [0.15, 0.2) is 5.75 Å². The van der Waals surface area contributed by atoms with Crippen LogP contribution >= 0.6 is 0 Å². The number of aliphatic hydroxyl groups excluding tert-OH is 1. The van der Waals surface area contributed by atoms with Crippen LogP contribution in [-0.4, -0.2) is 24.7 Å². The Labute approximate surface area is 99.4 Å². The Morgan fingerprint density at radius 1 is 1.47 bits per heavy atom. The van der Waals surface area contributed by atoms with E-state index in [0.717, 1.165) is 12.2 Å². The average Bonchev–Trinajstić information content (AvgIpc) is 2.85. The molecule has 0 aliphatic rings. The Bertz CT molecular complexity index is 516. The molecule has 0 radical (unpaired) electrons. The fourth-order valence-corrected chi connectivity index (χ4v) is 1.67. The van der Waals surface area contributed by atoms with Crippen molar-refractivity contribution in [3.8, 4) is 11.6 Å². The summed E-state index contributed by atoms with van der Waals surface area (Å²) in [5.41, 5.74) is 1.48. The molecule has 6 nitrogen and oxygen atoms in total. The molecule has 2 rings (SSSR count). The molecule has 0 aromatic carbocycles. The minimum Gasteiger partial charge on any atom is -0.436 e. The molecular weight excluding hydrogens is 220 g/mol. The van der Waals surface area contributed by atoms with Gasteiger partial charge in [0.2, 0.25) is 5.88 Å². The number of aromatic nitrogens is 4. The molecule has 6 heteroatoms. The van der Waals surface area contributed by atoms with E-state index in [4.69, 9.17) is 4.74 Å². The van der Waals surface area contributed by atoms with Crippen LogP contribution < -0.4 is 4.74 Å². The summed E-state index contributed by atoms with van der Waals surface area (Å²) < 4.78 is 9.08. The molecule has 0 amide bonds. The second-order valence-corrected chi connectivity index (χ2v) is 3.78. The Balaban J connectivity index is 2.29. The van der Waals surface area contributed by atoms with Crippen molar-refractivity contribution in [2.75, 3.05) is 0 Å². The van der Waals surface area contributed by atoms with Crippen LogP contribution in [0.1, 0.15) is 18.2 Å². The summed E-state index contributed by atoms with van der Waals surface area (Å²) in [5.74, 6) is 1.20. The third kappa shape index (κ3) is 2.16. The van der Waals surface area contributed by atoms with Crippen LogP contribution in [0.4, 0.5) is 0 Å². The molecule has 0 atom stereocenters. The third-order valence-corrected chi connectivity index (χ3v) is 2.59. The minimum absolute atomic E-state index is 0.0864. The van der Waals surface area contributed by atoms with Crippen molar-refractivity contribution in [1.82, 2.24) is 19.6 Å². The van der Waals surface area contributed by atoms with Crippen molar-refractivity contribution in [3.05, 3.63) is 23.7 Å². The highest BCUT2D eigenvalue weighted by molar-refractivity contribution is 5.33. The normalized spacial score (nSPS) is 10.8. The molecule has 0 aliphatic heterocycles.